The Balaban J connectivity index is 1.81. The van der Waals surface area contributed by atoms with Gasteiger partial charge in [-0.15, -0.1) is 0 Å². The van der Waals surface area contributed by atoms with Crippen molar-refractivity contribution in [3.8, 4) is 5.69 Å². The van der Waals surface area contributed by atoms with Crippen LogP contribution in [0.3, 0.4) is 0 Å². The van der Waals surface area contributed by atoms with Crippen molar-refractivity contribution in [2.24, 2.45) is 0 Å². The monoisotopic (exact) mass is 462 g/mol. The molecule has 0 unspecified atom stereocenters. The number of esters is 1. The van der Waals surface area contributed by atoms with Gasteiger partial charge in [-0.2, -0.15) is 0 Å². The second-order valence-corrected chi connectivity index (χ2v) is 9.04. The normalized spacial score (nSPS) is 17.8. The summed E-state index contributed by atoms with van der Waals surface area (Å²) in [5.41, 5.74) is 8.00. The summed E-state index contributed by atoms with van der Waals surface area (Å²) in [4.78, 5) is 18.6. The first-order chi connectivity index (χ1) is 15.8. The first-order valence-electron chi connectivity index (χ1n) is 11.1. The molecule has 4 rings (SSSR count). The minimum Gasteiger partial charge on any atom is -0.469 e. The highest BCUT2D eigenvalue weighted by atomic mass is 32.1. The number of ether oxygens (including phenoxy) is 1. The molecule has 1 aliphatic rings. The average molecular weight is 463 g/mol. The van der Waals surface area contributed by atoms with Crippen LogP contribution in [0.5, 0.6) is 0 Å². The van der Waals surface area contributed by atoms with Gasteiger partial charge in [-0.05, 0) is 86.9 Å². The van der Waals surface area contributed by atoms with E-state index in [-0.39, 0.29) is 24.5 Å². The van der Waals surface area contributed by atoms with E-state index in [1.165, 1.54) is 23.8 Å². The van der Waals surface area contributed by atoms with E-state index in [1.807, 2.05) is 18.2 Å². The molecule has 1 aromatic carbocycles. The van der Waals surface area contributed by atoms with Gasteiger partial charge in [-0.3, -0.25) is 9.78 Å². The lowest BCUT2D eigenvalue weighted by Crippen LogP contribution is -2.32. The van der Waals surface area contributed by atoms with Gasteiger partial charge in [0.2, 0.25) is 0 Å². The zero-order valence-corrected chi connectivity index (χ0v) is 20.6. The standard InChI is InChI=1S/C26H30N4O2S/c1-16-12-17(2)14-20(13-16)30-18(3)15-21(19(30)4)25-24(22-8-6-7-10-27-22)28-26(33)29(25)11-9-23(31)32-5/h6-8,10,12-15,24-25H,9,11H2,1-5H3,(H,28,33)/t24-,25+/m0/s1. The first kappa shape index (κ1) is 23.0. The van der Waals surface area contributed by atoms with Gasteiger partial charge in [-0.1, -0.05) is 12.1 Å². The summed E-state index contributed by atoms with van der Waals surface area (Å²) >= 11 is 5.72. The molecule has 1 saturated heterocycles. The molecular formula is C26H30N4O2S. The molecule has 0 bridgehead atoms. The summed E-state index contributed by atoms with van der Waals surface area (Å²) in [7, 11) is 1.41. The van der Waals surface area contributed by atoms with Crippen LogP contribution in [-0.2, 0) is 9.53 Å². The van der Waals surface area contributed by atoms with E-state index in [0.29, 0.717) is 11.7 Å². The van der Waals surface area contributed by atoms with Gasteiger partial charge < -0.3 is 19.5 Å². The molecule has 0 spiro atoms. The Morgan fingerprint density at radius 2 is 1.85 bits per heavy atom. The molecule has 0 aliphatic carbocycles. The lowest BCUT2D eigenvalue weighted by molar-refractivity contribution is -0.140. The SMILES string of the molecule is COC(=O)CCN1C(=S)N[C@@H](c2ccccn2)[C@H]1c1cc(C)n(-c2cc(C)cc(C)c2)c1C. The predicted octanol–water partition coefficient (Wildman–Crippen LogP) is 4.64. The van der Waals surface area contributed by atoms with Crippen LogP contribution < -0.4 is 5.32 Å². The third kappa shape index (κ3) is 4.50. The second kappa shape index (κ2) is 9.35. The van der Waals surface area contributed by atoms with E-state index in [1.54, 1.807) is 6.20 Å². The average Bonchev–Trinajstić information content (AvgIpc) is 3.26. The van der Waals surface area contributed by atoms with Gasteiger partial charge in [0.1, 0.15) is 0 Å². The van der Waals surface area contributed by atoms with Crippen molar-refractivity contribution in [1.29, 1.82) is 0 Å². The number of aromatic nitrogens is 2. The predicted molar refractivity (Wildman–Crippen MR) is 134 cm³/mol. The minimum atomic E-state index is -0.251. The Bertz CT molecular complexity index is 1170. The van der Waals surface area contributed by atoms with Crippen LogP contribution >= 0.6 is 12.2 Å². The highest BCUT2D eigenvalue weighted by Gasteiger charge is 2.41. The minimum absolute atomic E-state index is 0.0945. The number of hydrogen-bond acceptors (Lipinski definition) is 4. The fourth-order valence-corrected chi connectivity index (χ4v) is 5.19. The number of aryl methyl sites for hydroxylation is 3. The molecule has 1 aliphatic heterocycles. The number of hydrogen-bond donors (Lipinski definition) is 1. The van der Waals surface area contributed by atoms with Gasteiger partial charge in [0.15, 0.2) is 5.11 Å². The molecule has 1 fully saturated rings. The van der Waals surface area contributed by atoms with Gasteiger partial charge >= 0.3 is 5.97 Å². The summed E-state index contributed by atoms with van der Waals surface area (Å²) in [5.74, 6) is -0.251. The fourth-order valence-electron chi connectivity index (χ4n) is 4.86. The van der Waals surface area contributed by atoms with Gasteiger partial charge in [-0.25, -0.2) is 0 Å². The zero-order valence-electron chi connectivity index (χ0n) is 19.8. The van der Waals surface area contributed by atoms with Crippen LogP contribution in [0.25, 0.3) is 5.69 Å². The summed E-state index contributed by atoms with van der Waals surface area (Å²) < 4.78 is 7.18. The van der Waals surface area contributed by atoms with E-state index in [0.717, 1.165) is 22.8 Å². The number of nitrogens with zero attached hydrogens (tertiary/aromatic N) is 3. The molecule has 1 N–H and O–H groups in total. The Hall–Kier alpha value is -3.19. The molecule has 6 nitrogen and oxygen atoms in total. The largest absolute Gasteiger partial charge is 0.469 e. The van der Waals surface area contributed by atoms with E-state index in [9.17, 15) is 4.79 Å². The van der Waals surface area contributed by atoms with E-state index < -0.39 is 0 Å². The van der Waals surface area contributed by atoms with Crippen molar-refractivity contribution in [3.63, 3.8) is 0 Å². The number of benzene rings is 1. The molecule has 2 aromatic heterocycles. The summed E-state index contributed by atoms with van der Waals surface area (Å²) in [6, 6.07) is 14.5. The first-order valence-corrected chi connectivity index (χ1v) is 11.5. The summed E-state index contributed by atoms with van der Waals surface area (Å²) in [6.07, 6.45) is 2.06. The van der Waals surface area contributed by atoms with Crippen LogP contribution in [0.1, 0.15) is 52.3 Å². The Labute approximate surface area is 200 Å². The van der Waals surface area contributed by atoms with E-state index in [4.69, 9.17) is 17.0 Å². The van der Waals surface area contributed by atoms with E-state index >= 15 is 0 Å². The maximum Gasteiger partial charge on any atom is 0.307 e. The van der Waals surface area contributed by atoms with Crippen LogP contribution in [0.4, 0.5) is 0 Å². The van der Waals surface area contributed by atoms with Crippen molar-refractivity contribution >= 4 is 23.3 Å². The number of methoxy groups -OCH3 is 1. The number of nitrogens with one attached hydrogen (secondary N) is 1. The molecule has 172 valence electrons. The lowest BCUT2D eigenvalue weighted by atomic mass is 9.96. The molecule has 0 saturated carbocycles. The van der Waals surface area contributed by atoms with Gasteiger partial charge in [0, 0.05) is 29.8 Å². The Morgan fingerprint density at radius 1 is 1.12 bits per heavy atom. The number of carbonyl (C=O) groups excluding carboxylic acids is 1. The molecule has 0 amide bonds. The zero-order chi connectivity index (χ0) is 23.7. The molecule has 33 heavy (non-hydrogen) atoms. The van der Waals surface area contributed by atoms with Crippen LogP contribution in [0, 0.1) is 27.7 Å². The molecule has 3 aromatic rings. The number of pyridine rings is 1. The lowest BCUT2D eigenvalue weighted by Gasteiger charge is -2.28. The molecule has 7 heteroatoms. The van der Waals surface area contributed by atoms with Crippen LogP contribution in [-0.4, -0.2) is 39.2 Å². The van der Waals surface area contributed by atoms with Crippen molar-refractivity contribution in [2.45, 2.75) is 46.2 Å². The summed E-state index contributed by atoms with van der Waals surface area (Å²) in [6.45, 7) is 8.99. The second-order valence-electron chi connectivity index (χ2n) is 8.65. The third-order valence-corrected chi connectivity index (χ3v) is 6.59. The number of carbonyl (C=O) groups is 1. The van der Waals surface area contributed by atoms with Crippen molar-refractivity contribution in [1.82, 2.24) is 19.8 Å². The van der Waals surface area contributed by atoms with Crippen LogP contribution in [0.2, 0.25) is 0 Å². The Kier molecular flexibility index (Phi) is 6.51. The third-order valence-electron chi connectivity index (χ3n) is 6.24. The van der Waals surface area contributed by atoms with Gasteiger partial charge in [0.25, 0.3) is 0 Å². The molecular weight excluding hydrogens is 432 g/mol. The highest BCUT2D eigenvalue weighted by molar-refractivity contribution is 7.80. The summed E-state index contributed by atoms with van der Waals surface area (Å²) in [5, 5.41) is 4.08. The molecule has 0 radical (unpaired) electrons. The quantitative estimate of drug-likeness (QED) is 0.425. The smallest absolute Gasteiger partial charge is 0.307 e. The topological polar surface area (TPSA) is 59.4 Å². The fraction of sp³-hybridized carbons (Fsp3) is 0.346. The van der Waals surface area contributed by atoms with E-state index in [2.05, 4.69) is 71.7 Å². The Morgan fingerprint density at radius 3 is 2.48 bits per heavy atom. The van der Waals surface area contributed by atoms with Crippen molar-refractivity contribution < 1.29 is 9.53 Å². The number of rotatable bonds is 6. The maximum absolute atomic E-state index is 11.9. The van der Waals surface area contributed by atoms with Crippen molar-refractivity contribution in [3.05, 3.63) is 82.4 Å². The van der Waals surface area contributed by atoms with Crippen LogP contribution in [0.15, 0.2) is 48.7 Å². The molecule has 3 heterocycles. The number of thiocarbonyl (C=S) groups is 1. The molecule has 2 atom stereocenters. The van der Waals surface area contributed by atoms with Gasteiger partial charge in [0.05, 0.1) is 31.3 Å². The highest BCUT2D eigenvalue weighted by Crippen LogP contribution is 2.41. The maximum atomic E-state index is 11.9. The van der Waals surface area contributed by atoms with Crippen molar-refractivity contribution in [2.75, 3.05) is 13.7 Å².